The standard InChI is InChI=1S/C13H11BrClIN2O/c1-6(2)11-10(16)13(19)18-12(17-11)7-3-4-8(14)9(15)5-7/h3-6H,1-2H3,(H,17,18,19). The van der Waals surface area contributed by atoms with Gasteiger partial charge in [-0.1, -0.05) is 31.5 Å². The third kappa shape index (κ3) is 3.20. The van der Waals surface area contributed by atoms with E-state index in [0.29, 0.717) is 14.4 Å². The number of hydrogen-bond donors (Lipinski definition) is 1. The average Bonchev–Trinajstić information content (AvgIpc) is 2.35. The molecule has 1 N–H and O–H groups in total. The Morgan fingerprint density at radius 2 is 2.11 bits per heavy atom. The molecule has 0 saturated heterocycles. The molecule has 1 heterocycles. The van der Waals surface area contributed by atoms with Crippen LogP contribution >= 0.6 is 50.1 Å². The minimum atomic E-state index is -0.117. The van der Waals surface area contributed by atoms with Gasteiger partial charge in [-0.05, 0) is 56.6 Å². The maximum atomic E-state index is 11.9. The molecular weight excluding hydrogens is 442 g/mol. The first-order valence-corrected chi connectivity index (χ1v) is 7.90. The lowest BCUT2D eigenvalue weighted by molar-refractivity contribution is 0.802. The van der Waals surface area contributed by atoms with E-state index in [1.807, 2.05) is 48.6 Å². The third-order valence-corrected chi connectivity index (χ3v) is 4.90. The Labute approximate surface area is 138 Å². The number of halogens is 3. The summed E-state index contributed by atoms with van der Waals surface area (Å²) in [5, 5.41) is 0.588. The molecule has 0 aliphatic rings. The van der Waals surface area contributed by atoms with Gasteiger partial charge in [-0.15, -0.1) is 0 Å². The molecule has 1 aromatic heterocycles. The van der Waals surface area contributed by atoms with Gasteiger partial charge in [0.25, 0.3) is 5.56 Å². The van der Waals surface area contributed by atoms with Crippen LogP contribution in [0.15, 0.2) is 27.5 Å². The lowest BCUT2D eigenvalue weighted by Gasteiger charge is -2.10. The van der Waals surface area contributed by atoms with E-state index >= 15 is 0 Å². The normalized spacial score (nSPS) is 11.1. The van der Waals surface area contributed by atoms with Crippen LogP contribution in [0, 0.1) is 3.57 Å². The Morgan fingerprint density at radius 1 is 1.42 bits per heavy atom. The van der Waals surface area contributed by atoms with Gasteiger partial charge in [-0.2, -0.15) is 0 Å². The SMILES string of the molecule is CC(C)c1nc(-c2ccc(Br)c(Cl)c2)[nH]c(=O)c1I. The first kappa shape index (κ1) is 15.0. The van der Waals surface area contributed by atoms with E-state index in [4.69, 9.17) is 11.6 Å². The molecule has 2 rings (SSSR count). The summed E-state index contributed by atoms with van der Waals surface area (Å²) < 4.78 is 1.45. The zero-order valence-corrected chi connectivity index (χ0v) is 14.8. The van der Waals surface area contributed by atoms with Crippen LogP contribution in [0.1, 0.15) is 25.5 Å². The van der Waals surface area contributed by atoms with Gasteiger partial charge in [0.1, 0.15) is 5.82 Å². The van der Waals surface area contributed by atoms with Gasteiger partial charge >= 0.3 is 0 Å². The quantitative estimate of drug-likeness (QED) is 0.677. The number of nitrogens with one attached hydrogen (secondary N) is 1. The molecule has 3 nitrogen and oxygen atoms in total. The molecule has 6 heteroatoms. The largest absolute Gasteiger partial charge is 0.306 e. The Hall–Kier alpha value is -0.400. The zero-order chi connectivity index (χ0) is 14.2. The lowest BCUT2D eigenvalue weighted by atomic mass is 10.1. The van der Waals surface area contributed by atoms with Gasteiger partial charge in [0.15, 0.2) is 0 Å². The highest BCUT2D eigenvalue weighted by Crippen LogP contribution is 2.27. The first-order chi connectivity index (χ1) is 8.90. The van der Waals surface area contributed by atoms with Crippen molar-refractivity contribution in [2.24, 2.45) is 0 Å². The van der Waals surface area contributed by atoms with E-state index in [2.05, 4.69) is 25.9 Å². The molecule has 0 spiro atoms. The van der Waals surface area contributed by atoms with Crippen LogP contribution in [0.4, 0.5) is 0 Å². The molecule has 0 atom stereocenters. The van der Waals surface area contributed by atoms with Gasteiger partial charge in [0.2, 0.25) is 0 Å². The summed E-state index contributed by atoms with van der Waals surface area (Å²) >= 11 is 11.4. The summed E-state index contributed by atoms with van der Waals surface area (Å²) in [6.07, 6.45) is 0. The van der Waals surface area contributed by atoms with E-state index < -0.39 is 0 Å². The molecule has 0 unspecified atom stereocenters. The van der Waals surface area contributed by atoms with Gasteiger partial charge in [-0.25, -0.2) is 4.98 Å². The van der Waals surface area contributed by atoms with Crippen LogP contribution in [-0.4, -0.2) is 9.97 Å². The molecule has 19 heavy (non-hydrogen) atoms. The number of rotatable bonds is 2. The second-order valence-corrected chi connectivity index (χ2v) is 6.74. The van der Waals surface area contributed by atoms with Crippen LogP contribution in [0.3, 0.4) is 0 Å². The van der Waals surface area contributed by atoms with E-state index in [1.165, 1.54) is 0 Å². The monoisotopic (exact) mass is 452 g/mol. The van der Waals surface area contributed by atoms with Crippen LogP contribution < -0.4 is 5.56 Å². The van der Waals surface area contributed by atoms with Gasteiger partial charge < -0.3 is 4.98 Å². The predicted molar refractivity (Wildman–Crippen MR) is 89.8 cm³/mol. The highest BCUT2D eigenvalue weighted by atomic mass is 127. The second kappa shape index (κ2) is 5.93. The summed E-state index contributed by atoms with van der Waals surface area (Å²) in [5.41, 5.74) is 1.48. The maximum Gasteiger partial charge on any atom is 0.264 e. The summed E-state index contributed by atoms with van der Waals surface area (Å²) in [5.74, 6) is 0.738. The molecule has 0 aliphatic carbocycles. The lowest BCUT2D eigenvalue weighted by Crippen LogP contribution is -2.17. The van der Waals surface area contributed by atoms with Crippen LogP contribution in [-0.2, 0) is 0 Å². The molecule has 0 bridgehead atoms. The highest BCUT2D eigenvalue weighted by Gasteiger charge is 2.13. The molecule has 0 radical (unpaired) electrons. The van der Waals surface area contributed by atoms with E-state index in [-0.39, 0.29) is 11.5 Å². The topological polar surface area (TPSA) is 45.8 Å². The van der Waals surface area contributed by atoms with Gasteiger partial charge in [-0.3, -0.25) is 4.79 Å². The minimum Gasteiger partial charge on any atom is -0.306 e. The van der Waals surface area contributed by atoms with E-state index in [1.54, 1.807) is 6.07 Å². The summed E-state index contributed by atoms with van der Waals surface area (Å²) in [6.45, 7) is 4.03. The van der Waals surface area contributed by atoms with Crippen molar-refractivity contribution in [2.45, 2.75) is 19.8 Å². The molecule has 1 aromatic carbocycles. The van der Waals surface area contributed by atoms with E-state index in [0.717, 1.165) is 15.7 Å². The maximum absolute atomic E-state index is 11.9. The molecule has 0 aliphatic heterocycles. The molecular formula is C13H11BrClIN2O. The summed E-state index contributed by atoms with van der Waals surface area (Å²) in [4.78, 5) is 19.3. The van der Waals surface area contributed by atoms with E-state index in [9.17, 15) is 4.79 Å². The Kier molecular flexibility index (Phi) is 4.68. The van der Waals surface area contributed by atoms with Crippen molar-refractivity contribution < 1.29 is 0 Å². The zero-order valence-electron chi connectivity index (χ0n) is 10.3. The van der Waals surface area contributed by atoms with Crippen molar-refractivity contribution in [3.8, 4) is 11.4 Å². The Balaban J connectivity index is 2.63. The van der Waals surface area contributed by atoms with Crippen LogP contribution in [0.25, 0.3) is 11.4 Å². The van der Waals surface area contributed by atoms with Crippen molar-refractivity contribution in [3.63, 3.8) is 0 Å². The van der Waals surface area contributed by atoms with Gasteiger partial charge in [0.05, 0.1) is 14.3 Å². The summed E-state index contributed by atoms with van der Waals surface area (Å²) in [6, 6.07) is 5.48. The highest BCUT2D eigenvalue weighted by molar-refractivity contribution is 14.1. The number of aromatic nitrogens is 2. The molecule has 0 fully saturated rings. The average molecular weight is 454 g/mol. The smallest absolute Gasteiger partial charge is 0.264 e. The number of H-pyrrole nitrogens is 1. The minimum absolute atomic E-state index is 0.117. The van der Waals surface area contributed by atoms with Crippen molar-refractivity contribution in [1.29, 1.82) is 0 Å². The fourth-order valence-corrected chi connectivity index (χ4v) is 2.94. The molecule has 0 amide bonds. The fourth-order valence-electron chi connectivity index (χ4n) is 1.64. The predicted octanol–water partition coefficient (Wildman–Crippen LogP) is 4.58. The van der Waals surface area contributed by atoms with Crippen molar-refractivity contribution in [3.05, 3.63) is 47.3 Å². The van der Waals surface area contributed by atoms with Crippen LogP contribution in [0.5, 0.6) is 0 Å². The van der Waals surface area contributed by atoms with Crippen LogP contribution in [0.2, 0.25) is 5.02 Å². The number of benzene rings is 1. The second-order valence-electron chi connectivity index (χ2n) is 4.40. The fraction of sp³-hybridized carbons (Fsp3) is 0.231. The molecule has 0 saturated carbocycles. The number of nitrogens with zero attached hydrogens (tertiary/aromatic N) is 1. The number of aromatic amines is 1. The van der Waals surface area contributed by atoms with Crippen molar-refractivity contribution >= 4 is 50.1 Å². The summed E-state index contributed by atoms with van der Waals surface area (Å²) in [7, 11) is 0. The number of hydrogen-bond acceptors (Lipinski definition) is 2. The molecule has 2 aromatic rings. The Morgan fingerprint density at radius 3 is 2.68 bits per heavy atom. The third-order valence-electron chi connectivity index (χ3n) is 2.63. The van der Waals surface area contributed by atoms with Crippen molar-refractivity contribution in [2.75, 3.05) is 0 Å². The Bertz CT molecular complexity index is 685. The first-order valence-electron chi connectivity index (χ1n) is 5.65. The van der Waals surface area contributed by atoms with Gasteiger partial charge in [0, 0.05) is 10.0 Å². The molecule has 100 valence electrons. The van der Waals surface area contributed by atoms with Crippen molar-refractivity contribution in [1.82, 2.24) is 9.97 Å².